The summed E-state index contributed by atoms with van der Waals surface area (Å²) in [7, 11) is 2.12. The minimum atomic E-state index is 0.720. The van der Waals surface area contributed by atoms with Crippen LogP contribution in [0.25, 0.3) is 0 Å². The van der Waals surface area contributed by atoms with Crippen molar-refractivity contribution in [1.29, 1.82) is 0 Å². The normalized spacial score (nSPS) is 14.3. The van der Waals surface area contributed by atoms with Gasteiger partial charge in [-0.25, -0.2) is 0 Å². The van der Waals surface area contributed by atoms with Crippen LogP contribution < -0.4 is 5.32 Å². The van der Waals surface area contributed by atoms with E-state index >= 15 is 0 Å². The van der Waals surface area contributed by atoms with E-state index in [1.54, 1.807) is 0 Å². The lowest BCUT2D eigenvalue weighted by Crippen LogP contribution is -2.28. The maximum atomic E-state index is 3.49. The average Bonchev–Trinajstić information content (AvgIpc) is 2.51. The Labute approximate surface area is 139 Å². The van der Waals surface area contributed by atoms with E-state index in [2.05, 4.69) is 44.9 Å². The van der Waals surface area contributed by atoms with Gasteiger partial charge in [0.05, 0.1) is 0 Å². The summed E-state index contributed by atoms with van der Waals surface area (Å²) in [5, 5.41) is 4.30. The molecule has 128 valence electrons. The van der Waals surface area contributed by atoms with Gasteiger partial charge in [0.15, 0.2) is 0 Å². The van der Waals surface area contributed by atoms with E-state index in [0.717, 1.165) is 11.3 Å². The van der Waals surface area contributed by atoms with Crippen LogP contribution >= 0.6 is 11.8 Å². The maximum absolute atomic E-state index is 3.49. The molecule has 0 aliphatic carbocycles. The molecule has 0 fully saturated rings. The lowest BCUT2D eigenvalue weighted by atomic mass is 10.0. The third-order valence-corrected chi connectivity index (χ3v) is 5.97. The highest BCUT2D eigenvalue weighted by Crippen LogP contribution is 2.17. The van der Waals surface area contributed by atoms with Crippen molar-refractivity contribution in [3.63, 3.8) is 0 Å². The van der Waals surface area contributed by atoms with Gasteiger partial charge in [-0.2, -0.15) is 11.8 Å². The van der Waals surface area contributed by atoms with E-state index in [0.29, 0.717) is 0 Å². The van der Waals surface area contributed by atoms with E-state index in [9.17, 15) is 0 Å². The van der Waals surface area contributed by atoms with Gasteiger partial charge in [0.1, 0.15) is 0 Å². The van der Waals surface area contributed by atoms with Crippen molar-refractivity contribution >= 4 is 11.8 Å². The Kier molecular flexibility index (Phi) is 16.9. The molecule has 0 spiro atoms. The van der Waals surface area contributed by atoms with E-state index < -0.39 is 0 Å². The summed E-state index contributed by atoms with van der Waals surface area (Å²) in [6.07, 6.45) is 17.0. The van der Waals surface area contributed by atoms with Crippen molar-refractivity contribution in [1.82, 2.24) is 5.32 Å². The van der Waals surface area contributed by atoms with Gasteiger partial charge in [0, 0.05) is 17.0 Å². The van der Waals surface area contributed by atoms with E-state index in [-0.39, 0.29) is 0 Å². The van der Waals surface area contributed by atoms with Gasteiger partial charge in [-0.15, -0.1) is 0 Å². The highest BCUT2D eigenvalue weighted by Gasteiger charge is 2.08. The molecule has 1 N–H and O–H groups in total. The molecule has 0 aliphatic rings. The zero-order chi connectivity index (χ0) is 15.8. The highest BCUT2D eigenvalue weighted by molar-refractivity contribution is 7.99. The fourth-order valence-electron chi connectivity index (χ4n) is 2.59. The van der Waals surface area contributed by atoms with Crippen molar-refractivity contribution in [2.75, 3.05) is 12.8 Å². The third kappa shape index (κ3) is 15.0. The van der Waals surface area contributed by atoms with Crippen LogP contribution in [0.3, 0.4) is 0 Å². The lowest BCUT2D eigenvalue weighted by Gasteiger charge is -2.17. The van der Waals surface area contributed by atoms with Gasteiger partial charge in [-0.1, -0.05) is 85.0 Å². The predicted molar refractivity (Wildman–Crippen MR) is 102 cm³/mol. The molecule has 0 aromatic carbocycles. The molecular formula is C19H41NS. The summed E-state index contributed by atoms with van der Waals surface area (Å²) >= 11 is 2.13. The molecule has 0 saturated heterocycles. The second-order valence-electron chi connectivity index (χ2n) is 6.51. The van der Waals surface area contributed by atoms with Crippen LogP contribution in [-0.4, -0.2) is 24.1 Å². The van der Waals surface area contributed by atoms with Crippen molar-refractivity contribution < 1.29 is 0 Å². The number of thioether (sulfide) groups is 1. The van der Waals surface area contributed by atoms with Gasteiger partial charge in [0.2, 0.25) is 0 Å². The molecular weight excluding hydrogens is 274 g/mol. The van der Waals surface area contributed by atoms with Crippen LogP contribution in [0.4, 0.5) is 0 Å². The maximum Gasteiger partial charge on any atom is 0.0155 e. The fraction of sp³-hybridized carbons (Fsp3) is 1.00. The van der Waals surface area contributed by atoms with Crippen molar-refractivity contribution in [3.05, 3.63) is 0 Å². The monoisotopic (exact) mass is 315 g/mol. The van der Waals surface area contributed by atoms with Crippen molar-refractivity contribution in [3.8, 4) is 0 Å². The first-order valence-electron chi connectivity index (χ1n) is 9.53. The molecule has 21 heavy (non-hydrogen) atoms. The molecule has 2 heteroatoms. The minimum absolute atomic E-state index is 0.720. The Bertz CT molecular complexity index is 196. The third-order valence-electron chi connectivity index (χ3n) is 4.47. The highest BCUT2D eigenvalue weighted by atomic mass is 32.2. The Morgan fingerprint density at radius 3 is 1.81 bits per heavy atom. The Hall–Kier alpha value is 0.310. The number of hydrogen-bond acceptors (Lipinski definition) is 2. The molecule has 0 saturated carbocycles. The van der Waals surface area contributed by atoms with Gasteiger partial charge >= 0.3 is 0 Å². The smallest absolute Gasteiger partial charge is 0.0155 e. The lowest BCUT2D eigenvalue weighted by molar-refractivity contribution is 0.506. The number of nitrogens with one attached hydrogen (secondary N) is 1. The summed E-state index contributed by atoms with van der Waals surface area (Å²) in [5.41, 5.74) is 0. The number of hydrogen-bond donors (Lipinski definition) is 1. The number of unbranched alkanes of at least 4 members (excludes halogenated alkanes) is 9. The molecule has 0 aromatic heterocycles. The number of rotatable bonds is 16. The summed E-state index contributed by atoms with van der Waals surface area (Å²) in [6, 6.07) is 0.720. The van der Waals surface area contributed by atoms with Crippen LogP contribution in [0.5, 0.6) is 0 Å². The summed E-state index contributed by atoms with van der Waals surface area (Å²) in [6.45, 7) is 6.92. The fourth-order valence-corrected chi connectivity index (χ4v) is 3.72. The SMILES string of the molecule is CCCCCCCCCCCCC(CSC(C)CC)NC. The Morgan fingerprint density at radius 1 is 0.810 bits per heavy atom. The molecule has 2 unspecified atom stereocenters. The summed E-state index contributed by atoms with van der Waals surface area (Å²) < 4.78 is 0. The first-order valence-corrected chi connectivity index (χ1v) is 10.6. The first kappa shape index (κ1) is 21.3. The Balaban J connectivity index is 3.31. The van der Waals surface area contributed by atoms with Gasteiger partial charge in [-0.3, -0.25) is 0 Å². The van der Waals surface area contributed by atoms with E-state index in [1.165, 1.54) is 82.8 Å². The van der Waals surface area contributed by atoms with Crippen LogP contribution in [0.1, 0.15) is 97.8 Å². The molecule has 0 rings (SSSR count). The molecule has 2 atom stereocenters. The van der Waals surface area contributed by atoms with E-state index in [1.807, 2.05) is 0 Å². The molecule has 0 heterocycles. The van der Waals surface area contributed by atoms with Crippen molar-refractivity contribution in [2.45, 2.75) is 109 Å². The van der Waals surface area contributed by atoms with Crippen LogP contribution in [0, 0.1) is 0 Å². The predicted octanol–water partition coefficient (Wildman–Crippen LogP) is 6.42. The molecule has 0 bridgehead atoms. The van der Waals surface area contributed by atoms with Gasteiger partial charge < -0.3 is 5.32 Å². The second-order valence-corrected chi connectivity index (χ2v) is 7.98. The molecule has 0 amide bonds. The largest absolute Gasteiger partial charge is 0.316 e. The van der Waals surface area contributed by atoms with Crippen molar-refractivity contribution in [2.24, 2.45) is 0 Å². The van der Waals surface area contributed by atoms with E-state index in [4.69, 9.17) is 0 Å². The Morgan fingerprint density at radius 2 is 1.33 bits per heavy atom. The molecule has 1 nitrogen and oxygen atoms in total. The van der Waals surface area contributed by atoms with Gasteiger partial charge in [0.25, 0.3) is 0 Å². The first-order chi connectivity index (χ1) is 10.2. The summed E-state index contributed by atoms with van der Waals surface area (Å²) in [4.78, 5) is 0. The summed E-state index contributed by atoms with van der Waals surface area (Å²) in [5.74, 6) is 1.28. The standard InChI is InChI=1S/C19H41NS/c1-5-7-8-9-10-11-12-13-14-15-16-19(20-4)17-21-18(3)6-2/h18-20H,5-17H2,1-4H3. The molecule has 0 aromatic rings. The van der Waals surface area contributed by atoms with Crippen LogP contribution in [-0.2, 0) is 0 Å². The van der Waals surface area contributed by atoms with Crippen LogP contribution in [0.15, 0.2) is 0 Å². The second kappa shape index (κ2) is 16.7. The quantitative estimate of drug-likeness (QED) is 0.330. The molecule has 0 radical (unpaired) electrons. The zero-order valence-corrected chi connectivity index (χ0v) is 16.1. The topological polar surface area (TPSA) is 12.0 Å². The average molecular weight is 316 g/mol. The zero-order valence-electron chi connectivity index (χ0n) is 15.3. The van der Waals surface area contributed by atoms with Crippen LogP contribution in [0.2, 0.25) is 0 Å². The molecule has 0 aliphatic heterocycles. The van der Waals surface area contributed by atoms with Gasteiger partial charge in [-0.05, 0) is 19.9 Å². The minimum Gasteiger partial charge on any atom is -0.316 e.